The van der Waals surface area contributed by atoms with E-state index in [2.05, 4.69) is 10.2 Å². The van der Waals surface area contributed by atoms with E-state index in [1.54, 1.807) is 7.11 Å². The number of benzene rings is 3. The Hall–Kier alpha value is -3.38. The van der Waals surface area contributed by atoms with Gasteiger partial charge in [-0.3, -0.25) is 14.5 Å². The van der Waals surface area contributed by atoms with E-state index in [4.69, 9.17) is 10.5 Å². The summed E-state index contributed by atoms with van der Waals surface area (Å²) in [5.74, 6) is 0.133. The van der Waals surface area contributed by atoms with E-state index in [0.717, 1.165) is 52.7 Å². The van der Waals surface area contributed by atoms with E-state index < -0.39 is 0 Å². The highest BCUT2D eigenvalue weighted by Gasteiger charge is 2.29. The summed E-state index contributed by atoms with van der Waals surface area (Å²) in [6.07, 6.45) is 1.74. The zero-order valence-corrected chi connectivity index (χ0v) is 18.5. The van der Waals surface area contributed by atoms with Crippen LogP contribution in [0, 0.1) is 0 Å². The van der Waals surface area contributed by atoms with Crippen LogP contribution in [0.4, 0.5) is 5.69 Å². The molecule has 4 rings (SSSR count). The molecule has 0 bridgehead atoms. The molecule has 3 aromatic rings. The number of carbonyl (C=O) groups is 2. The highest BCUT2D eigenvalue weighted by Crippen LogP contribution is 2.28. The number of rotatable bonds is 7. The third-order valence-corrected chi connectivity index (χ3v) is 6.31. The van der Waals surface area contributed by atoms with Crippen LogP contribution in [0.5, 0.6) is 5.75 Å². The van der Waals surface area contributed by atoms with Gasteiger partial charge in [0.2, 0.25) is 11.8 Å². The number of anilines is 1. The van der Waals surface area contributed by atoms with Crippen LogP contribution < -0.4 is 15.8 Å². The number of primary amides is 1. The SMILES string of the molecule is COc1ccc2cc([C@H](C)C(=O)Nc3ccccc3CN3CCCC3C(N)=O)ccc2c1. The third kappa shape index (κ3) is 4.60. The summed E-state index contributed by atoms with van der Waals surface area (Å²) in [7, 11) is 1.65. The van der Waals surface area contributed by atoms with Crippen molar-refractivity contribution < 1.29 is 14.3 Å². The Kier molecular flexibility index (Phi) is 6.42. The predicted octanol–water partition coefficient (Wildman–Crippen LogP) is 4.04. The van der Waals surface area contributed by atoms with Gasteiger partial charge < -0.3 is 15.8 Å². The van der Waals surface area contributed by atoms with Gasteiger partial charge in [0, 0.05) is 12.2 Å². The van der Waals surface area contributed by atoms with Gasteiger partial charge in [0.25, 0.3) is 0 Å². The predicted molar refractivity (Wildman–Crippen MR) is 127 cm³/mol. The van der Waals surface area contributed by atoms with Crippen LogP contribution in [-0.4, -0.2) is 36.4 Å². The molecular formula is C26H29N3O3. The Morgan fingerprint density at radius 1 is 1.12 bits per heavy atom. The second-order valence-corrected chi connectivity index (χ2v) is 8.37. The van der Waals surface area contributed by atoms with E-state index in [1.165, 1.54) is 0 Å². The van der Waals surface area contributed by atoms with E-state index in [0.29, 0.717) is 6.54 Å². The fourth-order valence-corrected chi connectivity index (χ4v) is 4.37. The number of hydrogen-bond donors (Lipinski definition) is 2. The Bertz CT molecular complexity index is 1140. The van der Waals surface area contributed by atoms with Gasteiger partial charge in [-0.05, 0) is 66.4 Å². The van der Waals surface area contributed by atoms with Crippen molar-refractivity contribution in [3.8, 4) is 5.75 Å². The average molecular weight is 432 g/mol. The number of hydrogen-bond acceptors (Lipinski definition) is 4. The van der Waals surface area contributed by atoms with E-state index in [-0.39, 0.29) is 23.8 Å². The Balaban J connectivity index is 1.50. The molecule has 1 aliphatic rings. The molecule has 0 aromatic heterocycles. The molecule has 0 saturated carbocycles. The highest BCUT2D eigenvalue weighted by atomic mass is 16.5. The van der Waals surface area contributed by atoms with Crippen LogP contribution in [-0.2, 0) is 16.1 Å². The van der Waals surface area contributed by atoms with Crippen LogP contribution >= 0.6 is 0 Å². The monoisotopic (exact) mass is 431 g/mol. The lowest BCUT2D eigenvalue weighted by atomic mass is 9.96. The second kappa shape index (κ2) is 9.40. The molecule has 1 saturated heterocycles. The number of ether oxygens (including phenoxy) is 1. The number of amides is 2. The maximum atomic E-state index is 13.1. The largest absolute Gasteiger partial charge is 0.497 e. The topological polar surface area (TPSA) is 84.7 Å². The number of carbonyl (C=O) groups excluding carboxylic acids is 2. The first-order valence-corrected chi connectivity index (χ1v) is 11.0. The van der Waals surface area contributed by atoms with E-state index >= 15 is 0 Å². The number of fused-ring (bicyclic) bond motifs is 1. The quantitative estimate of drug-likeness (QED) is 0.591. The fourth-order valence-electron chi connectivity index (χ4n) is 4.37. The van der Waals surface area contributed by atoms with Crippen molar-refractivity contribution in [1.82, 2.24) is 4.90 Å². The summed E-state index contributed by atoms with van der Waals surface area (Å²) in [5.41, 5.74) is 8.26. The van der Waals surface area contributed by atoms with Gasteiger partial charge in [0.05, 0.1) is 19.1 Å². The van der Waals surface area contributed by atoms with Crippen LogP contribution in [0.15, 0.2) is 60.7 Å². The van der Waals surface area contributed by atoms with Crippen LogP contribution in [0.2, 0.25) is 0 Å². The molecule has 3 N–H and O–H groups in total. The lowest BCUT2D eigenvalue weighted by Gasteiger charge is -2.23. The van der Waals surface area contributed by atoms with Crippen molar-refractivity contribution in [1.29, 1.82) is 0 Å². The molecule has 0 spiro atoms. The number of nitrogens with two attached hydrogens (primary N) is 1. The average Bonchev–Trinajstić information content (AvgIpc) is 3.27. The minimum absolute atomic E-state index is 0.0711. The lowest BCUT2D eigenvalue weighted by molar-refractivity contribution is -0.122. The molecule has 1 fully saturated rings. The van der Waals surface area contributed by atoms with Gasteiger partial charge in [-0.25, -0.2) is 0 Å². The van der Waals surface area contributed by atoms with Crippen molar-refractivity contribution >= 4 is 28.3 Å². The first-order valence-electron chi connectivity index (χ1n) is 11.0. The maximum Gasteiger partial charge on any atom is 0.234 e. The van der Waals surface area contributed by atoms with Crippen molar-refractivity contribution in [2.45, 2.75) is 38.3 Å². The molecule has 166 valence electrons. The van der Waals surface area contributed by atoms with Crippen molar-refractivity contribution in [3.63, 3.8) is 0 Å². The van der Waals surface area contributed by atoms with Crippen LogP contribution in [0.25, 0.3) is 10.8 Å². The fraction of sp³-hybridized carbons (Fsp3) is 0.308. The smallest absolute Gasteiger partial charge is 0.234 e. The molecule has 6 nitrogen and oxygen atoms in total. The normalized spacial score (nSPS) is 17.2. The van der Waals surface area contributed by atoms with Gasteiger partial charge in [-0.2, -0.15) is 0 Å². The molecule has 6 heteroatoms. The van der Waals surface area contributed by atoms with Gasteiger partial charge in [-0.1, -0.05) is 42.5 Å². The molecule has 1 aliphatic heterocycles. The molecule has 0 radical (unpaired) electrons. The number of methoxy groups -OCH3 is 1. The van der Waals surface area contributed by atoms with Crippen molar-refractivity contribution in [3.05, 3.63) is 71.8 Å². The van der Waals surface area contributed by atoms with Gasteiger partial charge in [0.1, 0.15) is 5.75 Å². The van der Waals surface area contributed by atoms with E-state index in [1.807, 2.05) is 67.6 Å². The molecule has 1 unspecified atom stereocenters. The highest BCUT2D eigenvalue weighted by molar-refractivity contribution is 5.97. The number of para-hydroxylation sites is 1. The maximum absolute atomic E-state index is 13.1. The van der Waals surface area contributed by atoms with Gasteiger partial charge in [0.15, 0.2) is 0 Å². The van der Waals surface area contributed by atoms with Crippen LogP contribution in [0.1, 0.15) is 36.8 Å². The Morgan fingerprint density at radius 3 is 2.66 bits per heavy atom. The molecule has 0 aliphatic carbocycles. The summed E-state index contributed by atoms with van der Waals surface area (Å²) < 4.78 is 5.29. The molecule has 1 heterocycles. The van der Waals surface area contributed by atoms with Crippen molar-refractivity contribution in [2.75, 3.05) is 19.0 Å². The molecule has 3 aromatic carbocycles. The van der Waals surface area contributed by atoms with E-state index in [9.17, 15) is 9.59 Å². The Labute approximate surface area is 188 Å². The summed E-state index contributed by atoms with van der Waals surface area (Å²) in [6.45, 7) is 3.32. The summed E-state index contributed by atoms with van der Waals surface area (Å²) in [4.78, 5) is 26.9. The number of likely N-dealkylation sites (tertiary alicyclic amines) is 1. The number of nitrogens with zero attached hydrogens (tertiary/aromatic N) is 1. The van der Waals surface area contributed by atoms with Gasteiger partial charge in [-0.15, -0.1) is 0 Å². The molecular weight excluding hydrogens is 402 g/mol. The van der Waals surface area contributed by atoms with Crippen molar-refractivity contribution in [2.24, 2.45) is 5.73 Å². The minimum atomic E-state index is -0.320. The third-order valence-electron chi connectivity index (χ3n) is 6.31. The summed E-state index contributed by atoms with van der Waals surface area (Å²) in [6, 6.07) is 19.5. The lowest BCUT2D eigenvalue weighted by Crippen LogP contribution is -2.39. The first-order chi connectivity index (χ1) is 15.5. The number of nitrogens with one attached hydrogen (secondary N) is 1. The summed E-state index contributed by atoms with van der Waals surface area (Å²) >= 11 is 0. The second-order valence-electron chi connectivity index (χ2n) is 8.37. The zero-order chi connectivity index (χ0) is 22.7. The van der Waals surface area contributed by atoms with Crippen LogP contribution in [0.3, 0.4) is 0 Å². The first kappa shape index (κ1) is 21.8. The molecule has 32 heavy (non-hydrogen) atoms. The molecule has 2 amide bonds. The minimum Gasteiger partial charge on any atom is -0.497 e. The standard InChI is InChI=1S/C26H29N3O3/c1-17(18-9-10-20-15-22(32-2)12-11-19(20)14-18)26(31)28-23-7-4-3-6-21(23)16-29-13-5-8-24(29)25(27)30/h3-4,6-7,9-12,14-15,17,24H,5,8,13,16H2,1-2H3,(H2,27,30)(H,28,31)/t17-,24?/m0/s1. The molecule has 2 atom stereocenters. The Morgan fingerprint density at radius 2 is 1.88 bits per heavy atom. The zero-order valence-electron chi connectivity index (χ0n) is 18.5. The summed E-state index contributed by atoms with van der Waals surface area (Å²) in [5, 5.41) is 5.23. The van der Waals surface area contributed by atoms with Gasteiger partial charge >= 0.3 is 0 Å².